The molecular weight excluding hydrogens is 206 g/mol. The van der Waals surface area contributed by atoms with E-state index in [0.29, 0.717) is 5.69 Å². The molecule has 2 nitrogen and oxygen atoms in total. The third-order valence-corrected chi connectivity index (χ3v) is 1.87. The molecule has 0 radical (unpaired) electrons. The van der Waals surface area contributed by atoms with Crippen molar-refractivity contribution in [2.45, 2.75) is 6.10 Å². The van der Waals surface area contributed by atoms with Gasteiger partial charge in [0.1, 0.15) is 0 Å². The summed E-state index contributed by atoms with van der Waals surface area (Å²) >= 11 is 3.22. The fraction of sp³-hybridized carbons (Fsp3) is 0.125. The van der Waals surface area contributed by atoms with Gasteiger partial charge >= 0.3 is 0 Å². The van der Waals surface area contributed by atoms with Crippen molar-refractivity contribution in [3.63, 3.8) is 0 Å². The molecule has 0 saturated carbocycles. The molecule has 56 valence electrons. The number of hydrogen-bond donors (Lipinski definition) is 1. The van der Waals surface area contributed by atoms with E-state index in [9.17, 15) is 5.11 Å². The van der Waals surface area contributed by atoms with E-state index >= 15 is 0 Å². The number of hydrogen-bond acceptors (Lipinski definition) is 2. The summed E-state index contributed by atoms with van der Waals surface area (Å²) in [6.07, 6.45) is 5.67. The molecule has 0 bridgehead atoms. The quantitative estimate of drug-likeness (QED) is 0.715. The van der Waals surface area contributed by atoms with Crippen LogP contribution in [0.5, 0.6) is 0 Å². The molecular formula is C8H6BrNO. The third-order valence-electron chi connectivity index (χ3n) is 1.20. The van der Waals surface area contributed by atoms with Gasteiger partial charge in [-0.25, -0.2) is 0 Å². The number of aliphatic hydroxyl groups is 1. The summed E-state index contributed by atoms with van der Waals surface area (Å²) in [5.41, 5.74) is 0.481. The van der Waals surface area contributed by atoms with Gasteiger partial charge in [0.05, 0.1) is 5.69 Å². The molecule has 0 aliphatic rings. The summed E-state index contributed by atoms with van der Waals surface area (Å²) in [6.45, 7) is 0. The highest BCUT2D eigenvalue weighted by atomic mass is 79.9. The van der Waals surface area contributed by atoms with Gasteiger partial charge in [0.25, 0.3) is 0 Å². The Morgan fingerprint density at radius 3 is 3.00 bits per heavy atom. The highest BCUT2D eigenvalue weighted by molar-refractivity contribution is 9.10. The number of rotatable bonds is 1. The van der Waals surface area contributed by atoms with Crippen molar-refractivity contribution < 1.29 is 5.11 Å². The van der Waals surface area contributed by atoms with E-state index in [1.165, 1.54) is 0 Å². The second kappa shape index (κ2) is 3.51. The van der Waals surface area contributed by atoms with E-state index in [-0.39, 0.29) is 0 Å². The zero-order valence-electron chi connectivity index (χ0n) is 5.66. The van der Waals surface area contributed by atoms with Crippen molar-refractivity contribution in [3.8, 4) is 12.3 Å². The van der Waals surface area contributed by atoms with Crippen LogP contribution in [0.3, 0.4) is 0 Å². The summed E-state index contributed by atoms with van der Waals surface area (Å²) in [5, 5.41) is 9.18. The van der Waals surface area contributed by atoms with Crippen LogP contribution in [0.25, 0.3) is 0 Å². The van der Waals surface area contributed by atoms with Crippen LogP contribution in [0.4, 0.5) is 0 Å². The number of terminal acetylenes is 1. The van der Waals surface area contributed by atoms with E-state index < -0.39 is 6.10 Å². The van der Waals surface area contributed by atoms with Crippen LogP contribution in [0.15, 0.2) is 22.8 Å². The fourth-order valence-corrected chi connectivity index (χ4v) is 1.15. The van der Waals surface area contributed by atoms with Gasteiger partial charge in [0, 0.05) is 10.7 Å². The summed E-state index contributed by atoms with van der Waals surface area (Å²) in [7, 11) is 0. The van der Waals surface area contributed by atoms with Crippen molar-refractivity contribution >= 4 is 15.9 Å². The van der Waals surface area contributed by atoms with Crippen molar-refractivity contribution in [1.29, 1.82) is 0 Å². The van der Waals surface area contributed by atoms with Crippen LogP contribution in [0, 0.1) is 12.3 Å². The van der Waals surface area contributed by atoms with Crippen molar-refractivity contribution in [1.82, 2.24) is 4.98 Å². The maximum atomic E-state index is 9.18. The monoisotopic (exact) mass is 211 g/mol. The predicted molar refractivity (Wildman–Crippen MR) is 45.7 cm³/mol. The van der Waals surface area contributed by atoms with Crippen LogP contribution in [-0.4, -0.2) is 10.1 Å². The molecule has 0 spiro atoms. The summed E-state index contributed by atoms with van der Waals surface area (Å²) in [5.74, 6) is 2.19. The van der Waals surface area contributed by atoms with Crippen molar-refractivity contribution in [2.75, 3.05) is 0 Å². The van der Waals surface area contributed by atoms with Gasteiger partial charge in [0.15, 0.2) is 6.10 Å². The largest absolute Gasteiger partial charge is 0.374 e. The summed E-state index contributed by atoms with van der Waals surface area (Å²) in [6, 6.07) is 3.54. The van der Waals surface area contributed by atoms with Crippen LogP contribution < -0.4 is 0 Å². The van der Waals surface area contributed by atoms with Crippen molar-refractivity contribution in [3.05, 3.63) is 28.5 Å². The minimum absolute atomic E-state index is 0.481. The molecule has 3 heteroatoms. The third kappa shape index (κ3) is 1.79. The van der Waals surface area contributed by atoms with Crippen molar-refractivity contribution in [2.24, 2.45) is 0 Å². The van der Waals surface area contributed by atoms with Gasteiger partial charge < -0.3 is 5.11 Å². The molecule has 0 aliphatic carbocycles. The second-order valence-electron chi connectivity index (χ2n) is 1.94. The topological polar surface area (TPSA) is 33.1 Å². The lowest BCUT2D eigenvalue weighted by Gasteiger charge is -2.03. The molecule has 1 heterocycles. The maximum absolute atomic E-state index is 9.18. The fourth-order valence-electron chi connectivity index (χ4n) is 0.678. The first-order valence-electron chi connectivity index (χ1n) is 3.00. The first-order chi connectivity index (χ1) is 5.25. The van der Waals surface area contributed by atoms with E-state index in [1.807, 2.05) is 0 Å². The first-order valence-corrected chi connectivity index (χ1v) is 3.79. The van der Waals surface area contributed by atoms with Gasteiger partial charge in [0.2, 0.25) is 0 Å². The molecule has 1 N–H and O–H groups in total. The molecule has 0 saturated heterocycles. The number of aromatic nitrogens is 1. The molecule has 1 atom stereocenters. The standard InChI is InChI=1S/C8H6BrNO/c1-2-7(11)8-6(9)4-3-5-10-8/h1,3-5,7,11H. The smallest absolute Gasteiger partial charge is 0.157 e. The Balaban J connectivity index is 3.05. The van der Waals surface area contributed by atoms with E-state index in [0.717, 1.165) is 4.47 Å². The maximum Gasteiger partial charge on any atom is 0.157 e. The zero-order chi connectivity index (χ0) is 8.27. The predicted octanol–water partition coefficient (Wildman–Crippen LogP) is 1.51. The van der Waals surface area contributed by atoms with Gasteiger partial charge in [-0.2, -0.15) is 0 Å². The summed E-state index contributed by atoms with van der Waals surface area (Å²) < 4.78 is 0.727. The average molecular weight is 212 g/mol. The van der Waals surface area contributed by atoms with Crippen LogP contribution in [0.1, 0.15) is 11.8 Å². The van der Waals surface area contributed by atoms with Gasteiger partial charge in [-0.1, -0.05) is 5.92 Å². The Bertz CT molecular complexity index is 292. The van der Waals surface area contributed by atoms with Gasteiger partial charge in [-0.3, -0.25) is 4.98 Å². The summed E-state index contributed by atoms with van der Waals surface area (Å²) in [4.78, 5) is 3.91. The molecule has 1 rings (SSSR count). The lowest BCUT2D eigenvalue weighted by molar-refractivity contribution is 0.232. The number of aliphatic hydroxyl groups excluding tert-OH is 1. The van der Waals surface area contributed by atoms with Crippen LogP contribution in [-0.2, 0) is 0 Å². The number of halogens is 1. The minimum atomic E-state index is -0.925. The first kappa shape index (κ1) is 8.25. The molecule has 0 aromatic carbocycles. The highest BCUT2D eigenvalue weighted by Crippen LogP contribution is 2.19. The van der Waals surface area contributed by atoms with Gasteiger partial charge in [-0.15, -0.1) is 6.42 Å². The molecule has 1 aromatic rings. The molecule has 0 aliphatic heterocycles. The SMILES string of the molecule is C#CC(O)c1ncccc1Br. The molecule has 1 aromatic heterocycles. The van der Waals surface area contributed by atoms with E-state index in [4.69, 9.17) is 6.42 Å². The Morgan fingerprint density at radius 2 is 2.45 bits per heavy atom. The molecule has 1 unspecified atom stereocenters. The minimum Gasteiger partial charge on any atom is -0.374 e. The number of pyridine rings is 1. The Hall–Kier alpha value is -0.850. The normalized spacial score (nSPS) is 12.1. The lowest BCUT2D eigenvalue weighted by atomic mass is 10.2. The zero-order valence-corrected chi connectivity index (χ0v) is 7.25. The highest BCUT2D eigenvalue weighted by Gasteiger charge is 2.07. The average Bonchev–Trinajstić information content (AvgIpc) is 2.04. The molecule has 0 fully saturated rings. The van der Waals surface area contributed by atoms with E-state index in [1.54, 1.807) is 18.3 Å². The van der Waals surface area contributed by atoms with Crippen LogP contribution >= 0.6 is 15.9 Å². The van der Waals surface area contributed by atoms with Crippen LogP contribution in [0.2, 0.25) is 0 Å². The Morgan fingerprint density at radius 1 is 1.73 bits per heavy atom. The molecule has 0 amide bonds. The van der Waals surface area contributed by atoms with E-state index in [2.05, 4.69) is 26.8 Å². The lowest BCUT2D eigenvalue weighted by Crippen LogP contribution is -1.97. The van der Waals surface area contributed by atoms with Gasteiger partial charge in [-0.05, 0) is 28.1 Å². The second-order valence-corrected chi connectivity index (χ2v) is 2.79. The Kier molecular flexibility index (Phi) is 2.64. The number of nitrogens with zero attached hydrogens (tertiary/aromatic N) is 1. The Labute approximate surface area is 73.4 Å². The molecule has 11 heavy (non-hydrogen) atoms.